The van der Waals surface area contributed by atoms with E-state index in [1.54, 1.807) is 0 Å². The molecule has 0 spiro atoms. The van der Waals surface area contributed by atoms with Gasteiger partial charge in [0.05, 0.1) is 12.7 Å². The minimum absolute atomic E-state index is 0.418. The number of ether oxygens (including phenoxy) is 1. The molecule has 3 aliphatic carbocycles. The zero-order chi connectivity index (χ0) is 13.7. The minimum atomic E-state index is 0.418. The van der Waals surface area contributed by atoms with E-state index in [-0.39, 0.29) is 0 Å². The van der Waals surface area contributed by atoms with Crippen LogP contribution in [0.5, 0.6) is 0 Å². The fraction of sp³-hybridized carbons (Fsp3) is 1.00. The average molecular weight is 265 g/mol. The first-order valence-corrected chi connectivity index (χ1v) is 8.28. The second-order valence-electron chi connectivity index (χ2n) is 8.22. The quantitative estimate of drug-likeness (QED) is 0.792. The predicted molar refractivity (Wildman–Crippen MR) is 79.2 cm³/mol. The topological polar surface area (TPSA) is 21.3 Å². The van der Waals surface area contributed by atoms with Crippen molar-refractivity contribution in [2.75, 3.05) is 13.2 Å². The van der Waals surface area contributed by atoms with Gasteiger partial charge in [-0.3, -0.25) is 0 Å². The van der Waals surface area contributed by atoms with E-state index in [0.717, 1.165) is 25.1 Å². The van der Waals surface area contributed by atoms with Crippen molar-refractivity contribution >= 4 is 0 Å². The molecule has 0 saturated heterocycles. The molecule has 4 atom stereocenters. The Kier molecular flexibility index (Phi) is 3.46. The molecule has 2 heteroatoms. The van der Waals surface area contributed by atoms with Gasteiger partial charge in [0.25, 0.3) is 0 Å². The summed E-state index contributed by atoms with van der Waals surface area (Å²) < 4.78 is 6.35. The van der Waals surface area contributed by atoms with Crippen molar-refractivity contribution < 1.29 is 4.74 Å². The second-order valence-corrected chi connectivity index (χ2v) is 8.22. The monoisotopic (exact) mass is 265 g/mol. The zero-order valence-corrected chi connectivity index (χ0v) is 13.2. The lowest BCUT2D eigenvalue weighted by atomic mass is 9.70. The average Bonchev–Trinajstić information content (AvgIpc) is 3.12. The molecule has 4 unspecified atom stereocenters. The second kappa shape index (κ2) is 4.73. The lowest BCUT2D eigenvalue weighted by Gasteiger charge is -2.39. The molecule has 3 rings (SSSR count). The van der Waals surface area contributed by atoms with Crippen molar-refractivity contribution in [3.05, 3.63) is 0 Å². The molecule has 0 aromatic heterocycles. The predicted octanol–water partition coefficient (Wildman–Crippen LogP) is 3.61. The number of rotatable bonds is 6. The molecule has 3 aliphatic rings. The lowest BCUT2D eigenvalue weighted by molar-refractivity contribution is -0.0567. The highest BCUT2D eigenvalue weighted by atomic mass is 16.5. The van der Waals surface area contributed by atoms with Gasteiger partial charge in [0.2, 0.25) is 0 Å². The van der Waals surface area contributed by atoms with Crippen LogP contribution in [-0.4, -0.2) is 25.3 Å². The Labute approximate surface area is 118 Å². The minimum Gasteiger partial charge on any atom is -0.377 e. The molecule has 3 fully saturated rings. The fourth-order valence-corrected chi connectivity index (χ4v) is 4.38. The van der Waals surface area contributed by atoms with Crippen LogP contribution in [0.15, 0.2) is 0 Å². The van der Waals surface area contributed by atoms with Crippen LogP contribution in [0.1, 0.15) is 59.8 Å². The third-order valence-electron chi connectivity index (χ3n) is 6.63. The number of fused-ring (bicyclic) bond motifs is 2. The fourth-order valence-electron chi connectivity index (χ4n) is 4.38. The standard InChI is InChI=1S/C17H31NO/c1-12(10-18-14-5-6-14)11-19-15-9-13-7-8-17(15,4)16(13,2)3/h12-15,18H,5-11H2,1-4H3. The van der Waals surface area contributed by atoms with Gasteiger partial charge in [-0.25, -0.2) is 0 Å². The van der Waals surface area contributed by atoms with E-state index in [1.807, 2.05) is 0 Å². The first kappa shape index (κ1) is 13.9. The van der Waals surface area contributed by atoms with Gasteiger partial charge in [-0.15, -0.1) is 0 Å². The van der Waals surface area contributed by atoms with Gasteiger partial charge in [-0.1, -0.05) is 27.7 Å². The van der Waals surface area contributed by atoms with Crippen LogP contribution in [0.25, 0.3) is 0 Å². The van der Waals surface area contributed by atoms with Gasteiger partial charge >= 0.3 is 0 Å². The van der Waals surface area contributed by atoms with E-state index in [1.165, 1.54) is 32.1 Å². The van der Waals surface area contributed by atoms with Gasteiger partial charge in [0.15, 0.2) is 0 Å². The summed E-state index contributed by atoms with van der Waals surface area (Å²) in [5.74, 6) is 1.54. The summed E-state index contributed by atoms with van der Waals surface area (Å²) >= 11 is 0. The molecule has 0 heterocycles. The van der Waals surface area contributed by atoms with Gasteiger partial charge in [-0.05, 0) is 54.8 Å². The van der Waals surface area contributed by atoms with Gasteiger partial charge in [-0.2, -0.15) is 0 Å². The highest BCUT2D eigenvalue weighted by molar-refractivity contribution is 5.11. The van der Waals surface area contributed by atoms with Crippen molar-refractivity contribution in [2.45, 2.75) is 71.9 Å². The van der Waals surface area contributed by atoms with E-state index >= 15 is 0 Å². The van der Waals surface area contributed by atoms with E-state index in [2.05, 4.69) is 33.0 Å². The van der Waals surface area contributed by atoms with Crippen LogP contribution < -0.4 is 5.32 Å². The third kappa shape index (κ3) is 2.35. The van der Waals surface area contributed by atoms with Gasteiger partial charge < -0.3 is 10.1 Å². The summed E-state index contributed by atoms with van der Waals surface area (Å²) in [5.41, 5.74) is 0.897. The normalized spacial score (nSPS) is 41.7. The summed E-state index contributed by atoms with van der Waals surface area (Å²) in [6.45, 7) is 11.8. The summed E-state index contributed by atoms with van der Waals surface area (Å²) in [6, 6.07) is 0.821. The summed E-state index contributed by atoms with van der Waals surface area (Å²) in [7, 11) is 0. The summed E-state index contributed by atoms with van der Waals surface area (Å²) in [5, 5.41) is 3.61. The maximum Gasteiger partial charge on any atom is 0.0636 e. The molecular formula is C17H31NO. The van der Waals surface area contributed by atoms with Crippen molar-refractivity contribution in [3.8, 4) is 0 Å². The van der Waals surface area contributed by atoms with E-state index in [4.69, 9.17) is 4.74 Å². The molecule has 0 aromatic rings. The summed E-state index contributed by atoms with van der Waals surface area (Å²) in [6.07, 6.45) is 7.34. The molecule has 2 bridgehead atoms. The number of nitrogens with one attached hydrogen (secondary N) is 1. The van der Waals surface area contributed by atoms with Crippen LogP contribution in [0, 0.1) is 22.7 Å². The number of hydrogen-bond acceptors (Lipinski definition) is 2. The molecule has 0 aliphatic heterocycles. The molecule has 3 saturated carbocycles. The largest absolute Gasteiger partial charge is 0.377 e. The van der Waals surface area contributed by atoms with Crippen LogP contribution >= 0.6 is 0 Å². The molecular weight excluding hydrogens is 234 g/mol. The number of hydrogen-bond donors (Lipinski definition) is 1. The Morgan fingerprint density at radius 2 is 1.95 bits per heavy atom. The zero-order valence-electron chi connectivity index (χ0n) is 13.2. The van der Waals surface area contributed by atoms with E-state index in [9.17, 15) is 0 Å². The maximum atomic E-state index is 6.35. The highest BCUT2D eigenvalue weighted by Crippen LogP contribution is 2.66. The Bertz CT molecular complexity index is 336. The molecule has 2 nitrogen and oxygen atoms in total. The highest BCUT2D eigenvalue weighted by Gasteiger charge is 2.61. The van der Waals surface area contributed by atoms with Crippen LogP contribution in [0.2, 0.25) is 0 Å². The molecule has 110 valence electrons. The van der Waals surface area contributed by atoms with E-state index in [0.29, 0.717) is 22.9 Å². The van der Waals surface area contributed by atoms with Crippen molar-refractivity contribution in [1.29, 1.82) is 0 Å². The SMILES string of the molecule is CC(CNC1CC1)COC1CC2CCC1(C)C2(C)C. The molecule has 19 heavy (non-hydrogen) atoms. The molecule has 0 aromatic carbocycles. The first-order valence-electron chi connectivity index (χ1n) is 8.28. The van der Waals surface area contributed by atoms with Crippen LogP contribution in [-0.2, 0) is 4.74 Å². The first-order chi connectivity index (χ1) is 8.93. The Balaban J connectivity index is 1.48. The van der Waals surface area contributed by atoms with Crippen molar-refractivity contribution in [2.24, 2.45) is 22.7 Å². The maximum absolute atomic E-state index is 6.35. The molecule has 0 amide bonds. The Morgan fingerprint density at radius 3 is 2.47 bits per heavy atom. The van der Waals surface area contributed by atoms with Gasteiger partial charge in [0, 0.05) is 12.6 Å². The summed E-state index contributed by atoms with van der Waals surface area (Å²) in [4.78, 5) is 0. The van der Waals surface area contributed by atoms with Crippen molar-refractivity contribution in [1.82, 2.24) is 5.32 Å². The van der Waals surface area contributed by atoms with Crippen LogP contribution in [0.4, 0.5) is 0 Å². The van der Waals surface area contributed by atoms with Crippen LogP contribution in [0.3, 0.4) is 0 Å². The molecule has 1 N–H and O–H groups in total. The van der Waals surface area contributed by atoms with E-state index < -0.39 is 0 Å². The lowest BCUT2D eigenvalue weighted by Crippen LogP contribution is -2.38. The van der Waals surface area contributed by atoms with Crippen molar-refractivity contribution in [3.63, 3.8) is 0 Å². The van der Waals surface area contributed by atoms with Gasteiger partial charge in [0.1, 0.15) is 0 Å². The molecule has 0 radical (unpaired) electrons. The smallest absolute Gasteiger partial charge is 0.0636 e. The Morgan fingerprint density at radius 1 is 1.21 bits per heavy atom. The third-order valence-corrected chi connectivity index (χ3v) is 6.63. The Hall–Kier alpha value is -0.0800.